The van der Waals surface area contributed by atoms with Crippen LogP contribution >= 0.6 is 0 Å². The Bertz CT molecular complexity index is 351. The van der Waals surface area contributed by atoms with Gasteiger partial charge in [0, 0.05) is 24.0 Å². The highest BCUT2D eigenvalue weighted by Crippen LogP contribution is 2.40. The molecule has 0 aliphatic carbocycles. The molecule has 3 unspecified atom stereocenters. The lowest BCUT2D eigenvalue weighted by Crippen LogP contribution is -2.53. The van der Waals surface area contributed by atoms with E-state index in [0.717, 1.165) is 19.6 Å². The van der Waals surface area contributed by atoms with Gasteiger partial charge in [-0.15, -0.1) is 0 Å². The fraction of sp³-hybridized carbons (Fsp3) is 0.938. The number of carbonyl (C=O) groups excluding carboxylic acids is 1. The summed E-state index contributed by atoms with van der Waals surface area (Å²) in [7, 11) is 0. The van der Waals surface area contributed by atoms with Crippen LogP contribution in [0.3, 0.4) is 0 Å². The van der Waals surface area contributed by atoms with Crippen molar-refractivity contribution in [2.24, 2.45) is 17.3 Å². The number of carbonyl (C=O) groups is 1. The normalized spacial score (nSPS) is 33.3. The zero-order valence-electron chi connectivity index (χ0n) is 13.4. The molecule has 0 aromatic rings. The zero-order chi connectivity index (χ0) is 14.4. The minimum atomic E-state index is -0.250. The van der Waals surface area contributed by atoms with Crippen LogP contribution in [-0.2, 0) is 4.79 Å². The van der Waals surface area contributed by atoms with Gasteiger partial charge in [0.1, 0.15) is 0 Å². The number of ketones is 1. The third-order valence-corrected chi connectivity index (χ3v) is 4.72. The van der Waals surface area contributed by atoms with Gasteiger partial charge in [-0.3, -0.25) is 9.69 Å². The molecule has 2 fully saturated rings. The summed E-state index contributed by atoms with van der Waals surface area (Å²) in [6.45, 7) is 16.1. The molecule has 0 bridgehead atoms. The van der Waals surface area contributed by atoms with Crippen LogP contribution in [0, 0.1) is 17.3 Å². The van der Waals surface area contributed by atoms with Crippen molar-refractivity contribution >= 4 is 5.78 Å². The van der Waals surface area contributed by atoms with E-state index in [9.17, 15) is 4.79 Å². The number of nitrogens with one attached hydrogen (secondary N) is 1. The summed E-state index contributed by atoms with van der Waals surface area (Å²) in [5.41, 5.74) is -0.177. The molecule has 2 rings (SSSR count). The quantitative estimate of drug-likeness (QED) is 0.790. The number of nitrogens with zero attached hydrogens (tertiary/aromatic N) is 1. The van der Waals surface area contributed by atoms with Gasteiger partial charge in [-0.25, -0.2) is 0 Å². The second-order valence-electron chi connectivity index (χ2n) is 8.30. The Morgan fingerprint density at radius 1 is 1.16 bits per heavy atom. The van der Waals surface area contributed by atoms with Gasteiger partial charge in [0.05, 0.1) is 6.04 Å². The van der Waals surface area contributed by atoms with Gasteiger partial charge in [0.2, 0.25) is 0 Å². The Morgan fingerprint density at radius 2 is 1.79 bits per heavy atom. The third kappa shape index (κ3) is 2.87. The van der Waals surface area contributed by atoms with Crippen molar-refractivity contribution in [3.05, 3.63) is 0 Å². The Labute approximate surface area is 118 Å². The first-order chi connectivity index (χ1) is 8.62. The maximum Gasteiger partial charge on any atom is 0.155 e. The summed E-state index contributed by atoms with van der Waals surface area (Å²) in [5, 5.41) is 3.49. The number of hydrogen-bond acceptors (Lipinski definition) is 3. The van der Waals surface area contributed by atoms with Crippen LogP contribution in [0.1, 0.15) is 48.0 Å². The minimum absolute atomic E-state index is 0.0723. The predicted octanol–water partition coefficient (Wildman–Crippen LogP) is 2.31. The summed E-state index contributed by atoms with van der Waals surface area (Å²) in [6, 6.07) is 0.0952. The molecule has 0 aromatic carbocycles. The number of hydrogen-bond donors (Lipinski definition) is 1. The van der Waals surface area contributed by atoms with E-state index in [1.165, 1.54) is 6.42 Å². The summed E-state index contributed by atoms with van der Waals surface area (Å²) in [5.74, 6) is 1.61. The molecule has 3 nitrogen and oxygen atoms in total. The molecule has 2 aliphatic rings. The maximum absolute atomic E-state index is 12.9. The smallest absolute Gasteiger partial charge is 0.155 e. The van der Waals surface area contributed by atoms with Crippen molar-refractivity contribution in [1.29, 1.82) is 0 Å². The van der Waals surface area contributed by atoms with Gasteiger partial charge < -0.3 is 5.32 Å². The minimum Gasteiger partial charge on any atom is -0.316 e. The molecule has 2 saturated heterocycles. The SMILES string of the molecule is CC(C)(C)C(=O)C1C2CNCCC2CN1C(C)(C)C. The maximum atomic E-state index is 12.9. The van der Waals surface area contributed by atoms with E-state index in [1.54, 1.807) is 0 Å². The standard InChI is InChI=1S/C16H30N2O/c1-15(2,3)14(19)13-12-9-17-8-7-11(12)10-18(13)16(4,5)6/h11-13,17H,7-10H2,1-6H3. The van der Waals surface area contributed by atoms with Crippen LogP contribution in [-0.4, -0.2) is 41.9 Å². The van der Waals surface area contributed by atoms with Gasteiger partial charge in [-0.1, -0.05) is 20.8 Å². The highest BCUT2D eigenvalue weighted by Gasteiger charge is 2.51. The second-order valence-corrected chi connectivity index (χ2v) is 8.30. The van der Waals surface area contributed by atoms with Gasteiger partial charge in [0.15, 0.2) is 5.78 Å². The molecule has 2 heterocycles. The molecule has 0 aromatic heterocycles. The Hall–Kier alpha value is -0.410. The number of piperidine rings is 1. The lowest BCUT2D eigenvalue weighted by Gasteiger charge is -2.40. The molecule has 19 heavy (non-hydrogen) atoms. The monoisotopic (exact) mass is 266 g/mol. The number of rotatable bonds is 1. The van der Waals surface area contributed by atoms with Crippen LogP contribution in [0.15, 0.2) is 0 Å². The number of likely N-dealkylation sites (tertiary alicyclic amines) is 1. The largest absolute Gasteiger partial charge is 0.316 e. The Balaban J connectivity index is 2.31. The lowest BCUT2D eigenvalue weighted by molar-refractivity contribution is -0.134. The van der Waals surface area contributed by atoms with Crippen molar-refractivity contribution in [2.45, 2.75) is 59.5 Å². The van der Waals surface area contributed by atoms with E-state index >= 15 is 0 Å². The molecule has 0 spiro atoms. The highest BCUT2D eigenvalue weighted by atomic mass is 16.1. The van der Waals surface area contributed by atoms with Gasteiger partial charge in [-0.05, 0) is 45.6 Å². The van der Waals surface area contributed by atoms with E-state index in [4.69, 9.17) is 0 Å². The topological polar surface area (TPSA) is 32.3 Å². The van der Waals surface area contributed by atoms with E-state index < -0.39 is 0 Å². The lowest BCUT2D eigenvalue weighted by atomic mass is 9.77. The van der Waals surface area contributed by atoms with Crippen molar-refractivity contribution < 1.29 is 4.79 Å². The molecule has 0 radical (unpaired) electrons. The molecule has 3 atom stereocenters. The van der Waals surface area contributed by atoms with Crippen LogP contribution in [0.5, 0.6) is 0 Å². The summed E-state index contributed by atoms with van der Waals surface area (Å²) in [4.78, 5) is 15.4. The van der Waals surface area contributed by atoms with Crippen LogP contribution in [0.25, 0.3) is 0 Å². The van der Waals surface area contributed by atoms with E-state index in [1.807, 2.05) is 0 Å². The third-order valence-electron chi connectivity index (χ3n) is 4.72. The average Bonchev–Trinajstić information content (AvgIpc) is 2.65. The Kier molecular flexibility index (Phi) is 3.83. The fourth-order valence-electron chi connectivity index (χ4n) is 3.60. The molecule has 0 amide bonds. The van der Waals surface area contributed by atoms with Gasteiger partial charge >= 0.3 is 0 Å². The van der Waals surface area contributed by atoms with E-state index in [2.05, 4.69) is 51.8 Å². The molecule has 0 saturated carbocycles. The van der Waals surface area contributed by atoms with Crippen molar-refractivity contribution in [3.63, 3.8) is 0 Å². The number of Topliss-reactive ketones (excluding diaryl/α,β-unsaturated/α-hetero) is 1. The molecular weight excluding hydrogens is 236 g/mol. The first-order valence-corrected chi connectivity index (χ1v) is 7.64. The van der Waals surface area contributed by atoms with Crippen LogP contribution in [0.2, 0.25) is 0 Å². The Morgan fingerprint density at radius 3 is 2.32 bits per heavy atom. The predicted molar refractivity (Wildman–Crippen MR) is 79.2 cm³/mol. The van der Waals surface area contributed by atoms with E-state index in [-0.39, 0.29) is 17.0 Å². The zero-order valence-corrected chi connectivity index (χ0v) is 13.4. The van der Waals surface area contributed by atoms with Gasteiger partial charge in [-0.2, -0.15) is 0 Å². The summed E-state index contributed by atoms with van der Waals surface area (Å²) >= 11 is 0. The first kappa shape index (κ1) is 15.0. The van der Waals surface area contributed by atoms with Crippen molar-refractivity contribution in [1.82, 2.24) is 10.2 Å². The molecule has 2 aliphatic heterocycles. The molecule has 110 valence electrons. The van der Waals surface area contributed by atoms with Gasteiger partial charge in [0.25, 0.3) is 0 Å². The van der Waals surface area contributed by atoms with Crippen LogP contribution < -0.4 is 5.32 Å². The first-order valence-electron chi connectivity index (χ1n) is 7.64. The average molecular weight is 266 g/mol. The second kappa shape index (κ2) is 4.85. The molecule has 1 N–H and O–H groups in total. The molecule has 3 heteroatoms. The highest BCUT2D eigenvalue weighted by molar-refractivity contribution is 5.89. The summed E-state index contributed by atoms with van der Waals surface area (Å²) < 4.78 is 0. The van der Waals surface area contributed by atoms with Crippen molar-refractivity contribution in [2.75, 3.05) is 19.6 Å². The molecular formula is C16H30N2O. The van der Waals surface area contributed by atoms with Crippen LogP contribution in [0.4, 0.5) is 0 Å². The summed E-state index contributed by atoms with van der Waals surface area (Å²) in [6.07, 6.45) is 1.21. The van der Waals surface area contributed by atoms with Crippen molar-refractivity contribution in [3.8, 4) is 0 Å². The number of fused-ring (bicyclic) bond motifs is 1. The van der Waals surface area contributed by atoms with E-state index in [0.29, 0.717) is 17.6 Å². The fourth-order valence-corrected chi connectivity index (χ4v) is 3.60.